The van der Waals surface area contributed by atoms with Gasteiger partial charge < -0.3 is 21.9 Å². The molecule has 0 radical (unpaired) electrons. The first kappa shape index (κ1) is 20.9. The van der Waals surface area contributed by atoms with Gasteiger partial charge in [-0.2, -0.15) is 0 Å². The molecule has 0 spiro atoms. The third-order valence-corrected chi connectivity index (χ3v) is 5.08. The molecule has 1 amide bonds. The predicted octanol–water partition coefficient (Wildman–Crippen LogP) is 0.347. The Morgan fingerprint density at radius 1 is 0.926 bits per heavy atom. The van der Waals surface area contributed by atoms with E-state index < -0.39 is 0 Å². The van der Waals surface area contributed by atoms with Crippen LogP contribution < -0.4 is 17.2 Å². The van der Waals surface area contributed by atoms with Crippen molar-refractivity contribution in [2.24, 2.45) is 0 Å². The Morgan fingerprint density at radius 2 is 1.44 bits per heavy atom. The van der Waals surface area contributed by atoms with Crippen LogP contribution >= 0.6 is 11.3 Å². The first-order valence-corrected chi connectivity index (χ1v) is 9.64. The number of benzene rings is 2. The van der Waals surface area contributed by atoms with Gasteiger partial charge in [0.25, 0.3) is 0 Å². The Balaban J connectivity index is 0.00000261. The van der Waals surface area contributed by atoms with Crippen LogP contribution in [-0.4, -0.2) is 28.5 Å². The van der Waals surface area contributed by atoms with E-state index in [4.69, 9.17) is 5.41 Å². The molecular formula is C21H23ClN3OS-. The molecule has 1 N–H and O–H groups in total. The molecule has 0 aliphatic heterocycles. The van der Waals surface area contributed by atoms with E-state index in [9.17, 15) is 4.79 Å². The largest absolute Gasteiger partial charge is 1.00 e. The highest BCUT2D eigenvalue weighted by Crippen LogP contribution is 2.06. The highest BCUT2D eigenvalue weighted by molar-refractivity contribution is 7.06. The van der Waals surface area contributed by atoms with Crippen LogP contribution in [-0.2, 0) is 24.2 Å². The lowest BCUT2D eigenvalue weighted by atomic mass is 10.1. The van der Waals surface area contributed by atoms with E-state index in [1.165, 1.54) is 22.5 Å². The molecular weight excluding hydrogens is 378 g/mol. The molecule has 3 rings (SSSR count). The lowest BCUT2D eigenvalue weighted by Crippen LogP contribution is -3.00. The molecule has 0 fully saturated rings. The molecule has 0 saturated heterocycles. The van der Waals surface area contributed by atoms with Crippen molar-refractivity contribution in [1.29, 1.82) is 5.41 Å². The lowest BCUT2D eigenvalue weighted by Gasteiger charge is -2.23. The van der Waals surface area contributed by atoms with Gasteiger partial charge >= 0.3 is 0 Å². The maximum absolute atomic E-state index is 12.8. The maximum Gasteiger partial charge on any atom is 0.242 e. The molecule has 142 valence electrons. The average molecular weight is 401 g/mol. The van der Waals surface area contributed by atoms with Crippen LogP contribution in [0.2, 0.25) is 0 Å². The van der Waals surface area contributed by atoms with Crippen molar-refractivity contribution in [2.75, 3.05) is 13.1 Å². The van der Waals surface area contributed by atoms with Crippen molar-refractivity contribution in [3.05, 3.63) is 88.2 Å². The molecule has 4 nitrogen and oxygen atoms in total. The molecule has 3 aromatic rings. The van der Waals surface area contributed by atoms with E-state index in [0.717, 1.165) is 12.8 Å². The number of nitrogens with one attached hydrogen (secondary N) is 1. The molecule has 0 saturated carbocycles. The van der Waals surface area contributed by atoms with E-state index in [2.05, 4.69) is 24.3 Å². The van der Waals surface area contributed by atoms with Crippen LogP contribution in [0.3, 0.4) is 0 Å². The van der Waals surface area contributed by atoms with Crippen LogP contribution in [0.4, 0.5) is 0 Å². The Bertz CT molecular complexity index is 833. The lowest BCUT2D eigenvalue weighted by molar-refractivity contribution is -0.131. The minimum Gasteiger partial charge on any atom is -1.00 e. The zero-order valence-electron chi connectivity index (χ0n) is 15.1. The molecule has 1 aromatic heterocycles. The SMILES string of the molecule is N=c1sccn1CC(=O)N(CCc1ccccc1)CCc1ccccc1.[Cl-]. The van der Waals surface area contributed by atoms with Gasteiger partial charge in [0, 0.05) is 24.7 Å². The van der Waals surface area contributed by atoms with Crippen molar-refractivity contribution >= 4 is 17.2 Å². The predicted molar refractivity (Wildman–Crippen MR) is 105 cm³/mol. The Hall–Kier alpha value is -2.37. The van der Waals surface area contributed by atoms with E-state index in [1.807, 2.05) is 46.7 Å². The minimum atomic E-state index is 0. The monoisotopic (exact) mass is 400 g/mol. The van der Waals surface area contributed by atoms with Gasteiger partial charge in [0.2, 0.25) is 5.91 Å². The molecule has 0 unspecified atom stereocenters. The summed E-state index contributed by atoms with van der Waals surface area (Å²) in [4.78, 5) is 15.2. The molecule has 6 heteroatoms. The van der Waals surface area contributed by atoms with Crippen molar-refractivity contribution < 1.29 is 17.2 Å². The number of aromatic nitrogens is 1. The summed E-state index contributed by atoms with van der Waals surface area (Å²) in [6.45, 7) is 1.60. The normalized spacial score (nSPS) is 10.2. The van der Waals surface area contributed by atoms with Gasteiger partial charge in [-0.3, -0.25) is 10.2 Å². The zero-order valence-corrected chi connectivity index (χ0v) is 16.6. The summed E-state index contributed by atoms with van der Waals surface area (Å²) in [7, 11) is 0. The minimum absolute atomic E-state index is 0. The number of hydrogen-bond acceptors (Lipinski definition) is 3. The van der Waals surface area contributed by atoms with Crippen molar-refractivity contribution in [1.82, 2.24) is 9.47 Å². The average Bonchev–Trinajstić information content (AvgIpc) is 3.08. The third kappa shape index (κ3) is 6.38. The van der Waals surface area contributed by atoms with E-state index >= 15 is 0 Å². The second kappa shape index (κ2) is 10.7. The Morgan fingerprint density at radius 3 is 1.89 bits per heavy atom. The summed E-state index contributed by atoms with van der Waals surface area (Å²) in [5.41, 5.74) is 2.46. The second-order valence-corrected chi connectivity index (χ2v) is 7.08. The quantitative estimate of drug-likeness (QED) is 0.582. The number of amides is 1. The van der Waals surface area contributed by atoms with Crippen LogP contribution in [0.5, 0.6) is 0 Å². The van der Waals surface area contributed by atoms with Gasteiger partial charge in [-0.15, -0.1) is 11.3 Å². The molecule has 0 aliphatic rings. The first-order valence-electron chi connectivity index (χ1n) is 8.76. The first-order chi connectivity index (χ1) is 12.7. The van der Waals surface area contributed by atoms with Crippen molar-refractivity contribution in [2.45, 2.75) is 19.4 Å². The van der Waals surface area contributed by atoms with E-state index in [-0.39, 0.29) is 24.9 Å². The van der Waals surface area contributed by atoms with Gasteiger partial charge in [0.1, 0.15) is 6.54 Å². The number of thiazole rings is 1. The van der Waals surface area contributed by atoms with Crippen LogP contribution in [0.15, 0.2) is 72.2 Å². The Kier molecular flexibility index (Phi) is 8.30. The van der Waals surface area contributed by atoms with E-state index in [0.29, 0.717) is 17.9 Å². The summed E-state index contributed by atoms with van der Waals surface area (Å²) in [5.74, 6) is 0.0637. The topological polar surface area (TPSA) is 49.1 Å². The fourth-order valence-electron chi connectivity index (χ4n) is 2.85. The fraction of sp³-hybridized carbons (Fsp3) is 0.238. The zero-order chi connectivity index (χ0) is 18.2. The van der Waals surface area contributed by atoms with Gasteiger partial charge in [-0.1, -0.05) is 60.7 Å². The number of rotatable bonds is 8. The molecule has 0 atom stereocenters. The number of nitrogens with zero attached hydrogens (tertiary/aromatic N) is 2. The van der Waals surface area contributed by atoms with Crippen LogP contribution in [0, 0.1) is 5.41 Å². The summed E-state index contributed by atoms with van der Waals surface area (Å²) >= 11 is 1.34. The Labute approximate surface area is 170 Å². The molecule has 0 bridgehead atoms. The fourth-order valence-corrected chi connectivity index (χ4v) is 3.45. The van der Waals surface area contributed by atoms with Gasteiger partial charge in [0.05, 0.1) is 0 Å². The summed E-state index contributed by atoms with van der Waals surface area (Å²) in [5, 5.41) is 9.71. The third-order valence-electron chi connectivity index (χ3n) is 4.37. The highest BCUT2D eigenvalue weighted by atomic mass is 35.5. The van der Waals surface area contributed by atoms with Crippen molar-refractivity contribution in [3.63, 3.8) is 0 Å². The number of carbonyl (C=O) groups is 1. The molecule has 0 aliphatic carbocycles. The second-order valence-electron chi connectivity index (χ2n) is 6.19. The number of carbonyl (C=O) groups excluding carboxylic acids is 1. The summed E-state index contributed by atoms with van der Waals surface area (Å²) < 4.78 is 1.70. The van der Waals surface area contributed by atoms with E-state index in [1.54, 1.807) is 10.8 Å². The number of halogens is 1. The van der Waals surface area contributed by atoms with Gasteiger partial charge in [-0.05, 0) is 24.0 Å². The molecule has 1 heterocycles. The van der Waals surface area contributed by atoms with Crippen LogP contribution in [0.1, 0.15) is 11.1 Å². The highest BCUT2D eigenvalue weighted by Gasteiger charge is 2.14. The van der Waals surface area contributed by atoms with Crippen molar-refractivity contribution in [3.8, 4) is 0 Å². The maximum atomic E-state index is 12.8. The number of hydrogen-bond donors (Lipinski definition) is 1. The molecule has 27 heavy (non-hydrogen) atoms. The summed E-state index contributed by atoms with van der Waals surface area (Å²) in [6.07, 6.45) is 3.48. The van der Waals surface area contributed by atoms with Gasteiger partial charge in [0.15, 0.2) is 4.80 Å². The standard InChI is InChI=1S/C21H23N3OS.ClH/c22-21-24(15-16-26-21)17-20(25)23(13-11-18-7-3-1-4-8-18)14-12-19-9-5-2-6-10-19;/h1-10,15-16,22H,11-14,17H2;1H/p-1. The van der Waals surface area contributed by atoms with Gasteiger partial charge in [-0.25, -0.2) is 0 Å². The summed E-state index contributed by atoms with van der Waals surface area (Å²) in [6, 6.07) is 20.5. The smallest absolute Gasteiger partial charge is 0.242 e. The van der Waals surface area contributed by atoms with Crippen LogP contribution in [0.25, 0.3) is 0 Å². The molecule has 2 aromatic carbocycles.